The van der Waals surface area contributed by atoms with Crippen LogP contribution in [0.2, 0.25) is 0 Å². The van der Waals surface area contributed by atoms with Gasteiger partial charge in [-0.25, -0.2) is 9.80 Å². The van der Waals surface area contributed by atoms with Crippen molar-refractivity contribution in [2.24, 2.45) is 5.10 Å². The number of hydrogen-bond acceptors (Lipinski definition) is 6. The Morgan fingerprint density at radius 2 is 1.85 bits per heavy atom. The number of hydrogen-bond donors (Lipinski definition) is 0. The van der Waals surface area contributed by atoms with E-state index in [4.69, 9.17) is 9.47 Å². The summed E-state index contributed by atoms with van der Waals surface area (Å²) in [5.41, 5.74) is 5.18. The maximum absolute atomic E-state index is 13.3. The normalized spacial score (nSPS) is 15.1. The first-order chi connectivity index (χ1) is 18.9. The molecule has 0 saturated heterocycles. The summed E-state index contributed by atoms with van der Waals surface area (Å²) in [7, 11) is 1.60. The topological polar surface area (TPSA) is 96.9 Å². The average Bonchev–Trinajstić information content (AvgIpc) is 3.52. The fraction of sp³-hybridized carbons (Fsp3) is 0.290. The molecule has 2 aromatic carbocycles. The molecule has 1 unspecified atom stereocenters. The van der Waals surface area contributed by atoms with E-state index < -0.39 is 18.5 Å². The van der Waals surface area contributed by atoms with Gasteiger partial charge in [-0.3, -0.25) is 4.79 Å². The van der Waals surface area contributed by atoms with Gasteiger partial charge in [0.2, 0.25) is 0 Å². The molecule has 3 aromatic rings. The molecule has 0 radical (unpaired) electrons. The third kappa shape index (κ3) is 6.10. The number of nitrogens with zero attached hydrogens (tertiary/aromatic N) is 4. The highest BCUT2D eigenvalue weighted by molar-refractivity contribution is 6.03. The molecule has 1 aromatic heterocycles. The van der Waals surface area contributed by atoms with Crippen LogP contribution in [0.5, 0.6) is 5.75 Å². The average molecular weight is 525 g/mol. The van der Waals surface area contributed by atoms with Crippen molar-refractivity contribution in [3.05, 3.63) is 94.3 Å². The van der Waals surface area contributed by atoms with Crippen LogP contribution in [-0.2, 0) is 20.9 Å². The Bertz CT molecular complexity index is 1450. The summed E-state index contributed by atoms with van der Waals surface area (Å²) in [5, 5.41) is 15.6. The van der Waals surface area contributed by atoms with Crippen LogP contribution in [0.25, 0.3) is 6.08 Å². The molecule has 2 heterocycles. The molecule has 8 heteroatoms. The number of carbonyl (C=O) groups is 2. The zero-order chi connectivity index (χ0) is 27.9. The van der Waals surface area contributed by atoms with E-state index in [1.165, 1.54) is 11.1 Å². The van der Waals surface area contributed by atoms with E-state index in [1.807, 2.05) is 80.6 Å². The number of aryl methyl sites for hydroxylation is 1. The van der Waals surface area contributed by atoms with Crippen molar-refractivity contribution in [2.75, 3.05) is 13.7 Å². The minimum Gasteiger partial charge on any atom is -0.497 e. The molecule has 0 saturated carbocycles. The SMILES string of the molecule is CCCn1c(C)cc(C=C(C#N)C(=O)OCC(=O)N2N=C(c3ccccc3)CC2c2ccc(OC)cc2)c1C. The summed E-state index contributed by atoms with van der Waals surface area (Å²) in [6.45, 7) is 6.35. The highest BCUT2D eigenvalue weighted by atomic mass is 16.5. The maximum atomic E-state index is 13.3. The molecule has 1 aliphatic rings. The van der Waals surface area contributed by atoms with Gasteiger partial charge < -0.3 is 14.0 Å². The molecule has 8 nitrogen and oxygen atoms in total. The molecule has 0 N–H and O–H groups in total. The van der Waals surface area contributed by atoms with E-state index in [-0.39, 0.29) is 11.6 Å². The van der Waals surface area contributed by atoms with Gasteiger partial charge in [0.25, 0.3) is 5.91 Å². The largest absolute Gasteiger partial charge is 0.497 e. The molecule has 1 aliphatic heterocycles. The molecule has 1 atom stereocenters. The molecule has 4 rings (SSSR count). The zero-order valence-electron chi connectivity index (χ0n) is 22.7. The monoisotopic (exact) mass is 524 g/mol. The van der Waals surface area contributed by atoms with Crippen molar-refractivity contribution in [3.63, 3.8) is 0 Å². The van der Waals surface area contributed by atoms with Gasteiger partial charge in [0.15, 0.2) is 6.61 Å². The van der Waals surface area contributed by atoms with E-state index >= 15 is 0 Å². The summed E-state index contributed by atoms with van der Waals surface area (Å²) in [5.74, 6) is -0.619. The zero-order valence-corrected chi connectivity index (χ0v) is 22.7. The molecular weight excluding hydrogens is 492 g/mol. The number of rotatable bonds is 9. The third-order valence-electron chi connectivity index (χ3n) is 6.80. The summed E-state index contributed by atoms with van der Waals surface area (Å²) in [6, 6.07) is 20.6. The van der Waals surface area contributed by atoms with Gasteiger partial charge in [-0.2, -0.15) is 10.4 Å². The van der Waals surface area contributed by atoms with Gasteiger partial charge in [0.05, 0.1) is 18.9 Å². The fourth-order valence-electron chi connectivity index (χ4n) is 4.74. The van der Waals surface area contributed by atoms with E-state index in [0.717, 1.165) is 46.8 Å². The number of carbonyl (C=O) groups excluding carboxylic acids is 2. The molecule has 0 aliphatic carbocycles. The van der Waals surface area contributed by atoms with Crippen molar-refractivity contribution < 1.29 is 19.1 Å². The lowest BCUT2D eigenvalue weighted by Crippen LogP contribution is -2.31. The van der Waals surface area contributed by atoms with Crippen LogP contribution in [0.15, 0.2) is 71.3 Å². The van der Waals surface area contributed by atoms with Gasteiger partial charge >= 0.3 is 5.97 Å². The highest BCUT2D eigenvalue weighted by Gasteiger charge is 2.33. The van der Waals surface area contributed by atoms with Crippen LogP contribution < -0.4 is 4.74 Å². The maximum Gasteiger partial charge on any atom is 0.349 e. The third-order valence-corrected chi connectivity index (χ3v) is 6.80. The summed E-state index contributed by atoms with van der Waals surface area (Å²) < 4.78 is 12.7. The summed E-state index contributed by atoms with van der Waals surface area (Å²) in [6.07, 6.45) is 2.99. The fourth-order valence-corrected chi connectivity index (χ4v) is 4.74. The van der Waals surface area contributed by atoms with Gasteiger partial charge in [-0.15, -0.1) is 0 Å². The molecule has 0 spiro atoms. The number of ether oxygens (including phenoxy) is 2. The second kappa shape index (κ2) is 12.3. The van der Waals surface area contributed by atoms with E-state index in [0.29, 0.717) is 12.2 Å². The predicted octanol–water partition coefficient (Wildman–Crippen LogP) is 5.35. The number of aromatic nitrogens is 1. The summed E-state index contributed by atoms with van der Waals surface area (Å²) >= 11 is 0. The first kappa shape index (κ1) is 27.4. The minimum atomic E-state index is -0.849. The Hall–Kier alpha value is -4.64. The van der Waals surface area contributed by atoms with Crippen LogP contribution in [0.4, 0.5) is 0 Å². The predicted molar refractivity (Wildman–Crippen MR) is 149 cm³/mol. The molecular formula is C31H32N4O4. The number of esters is 1. The van der Waals surface area contributed by atoms with E-state index in [2.05, 4.69) is 16.6 Å². The Morgan fingerprint density at radius 1 is 1.13 bits per heavy atom. The Kier molecular flexibility index (Phi) is 8.62. The minimum absolute atomic E-state index is 0.166. The van der Waals surface area contributed by atoms with Gasteiger partial charge in [0.1, 0.15) is 17.4 Å². The van der Waals surface area contributed by atoms with Crippen LogP contribution in [0, 0.1) is 25.2 Å². The Balaban J connectivity index is 1.52. The van der Waals surface area contributed by atoms with Crippen LogP contribution >= 0.6 is 0 Å². The number of amides is 1. The van der Waals surface area contributed by atoms with E-state index in [9.17, 15) is 14.9 Å². The van der Waals surface area contributed by atoms with Crippen molar-refractivity contribution >= 4 is 23.7 Å². The lowest BCUT2D eigenvalue weighted by molar-refractivity contribution is -0.149. The molecule has 0 fully saturated rings. The van der Waals surface area contributed by atoms with Crippen LogP contribution in [-0.4, -0.2) is 40.9 Å². The van der Waals surface area contributed by atoms with Gasteiger partial charge in [0, 0.05) is 24.4 Å². The van der Waals surface area contributed by atoms with E-state index in [1.54, 1.807) is 7.11 Å². The lowest BCUT2D eigenvalue weighted by Gasteiger charge is -2.22. The number of methoxy groups -OCH3 is 1. The molecule has 200 valence electrons. The second-order valence-corrected chi connectivity index (χ2v) is 9.37. The summed E-state index contributed by atoms with van der Waals surface area (Å²) in [4.78, 5) is 26.1. The first-order valence-electron chi connectivity index (χ1n) is 12.9. The first-order valence-corrected chi connectivity index (χ1v) is 12.9. The highest BCUT2D eigenvalue weighted by Crippen LogP contribution is 2.33. The van der Waals surface area contributed by atoms with Crippen LogP contribution in [0.1, 0.15) is 53.9 Å². The Labute approximate surface area is 228 Å². The van der Waals surface area contributed by atoms with Crippen molar-refractivity contribution in [1.82, 2.24) is 9.58 Å². The standard InChI is InChI=1S/C31H32N4O4/c1-5-15-34-21(2)16-25(22(34)3)17-26(19-32)31(37)39-20-30(36)35-29(24-11-13-27(38-4)14-12-24)18-28(33-35)23-9-7-6-8-10-23/h6-14,16-17,29H,5,15,18,20H2,1-4H3. The Morgan fingerprint density at radius 3 is 2.49 bits per heavy atom. The van der Waals surface area contributed by atoms with Gasteiger partial charge in [-0.1, -0.05) is 49.4 Å². The number of hydrazone groups is 1. The molecule has 0 bridgehead atoms. The number of benzene rings is 2. The lowest BCUT2D eigenvalue weighted by atomic mass is 9.98. The van der Waals surface area contributed by atoms with Crippen molar-refractivity contribution in [3.8, 4) is 11.8 Å². The van der Waals surface area contributed by atoms with Crippen molar-refractivity contribution in [2.45, 2.75) is 46.2 Å². The second-order valence-electron chi connectivity index (χ2n) is 9.37. The quantitative estimate of drug-likeness (QED) is 0.214. The molecule has 39 heavy (non-hydrogen) atoms. The van der Waals surface area contributed by atoms with Crippen LogP contribution in [0.3, 0.4) is 0 Å². The van der Waals surface area contributed by atoms with Gasteiger partial charge in [-0.05, 0) is 61.2 Å². The number of nitriles is 1. The van der Waals surface area contributed by atoms with Crippen molar-refractivity contribution in [1.29, 1.82) is 5.26 Å². The smallest absolute Gasteiger partial charge is 0.349 e. The molecule has 1 amide bonds.